The summed E-state index contributed by atoms with van der Waals surface area (Å²) in [6.07, 6.45) is 0. The van der Waals surface area contributed by atoms with Crippen molar-refractivity contribution in [2.45, 2.75) is 13.5 Å². The molecule has 0 aliphatic heterocycles. The summed E-state index contributed by atoms with van der Waals surface area (Å²) >= 11 is 5.79. The Hall–Kier alpha value is -2.28. The zero-order chi connectivity index (χ0) is 15.6. The summed E-state index contributed by atoms with van der Waals surface area (Å²) < 4.78 is 6.92. The van der Waals surface area contributed by atoms with Crippen LogP contribution < -0.4 is 10.1 Å². The number of anilines is 1. The number of nitrogens with one attached hydrogen (secondary N) is 1. The summed E-state index contributed by atoms with van der Waals surface area (Å²) in [4.78, 5) is 10.6. The van der Waals surface area contributed by atoms with E-state index in [9.17, 15) is 10.1 Å². The fraction of sp³-hybridized carbons (Fsp3) is 0.308. The zero-order valence-corrected chi connectivity index (χ0v) is 12.6. The summed E-state index contributed by atoms with van der Waals surface area (Å²) in [5.74, 6) is 0.622. The highest BCUT2D eigenvalue weighted by atomic mass is 35.5. The number of ether oxygens (including phenoxy) is 1. The van der Waals surface area contributed by atoms with Crippen molar-refractivity contribution in [3.8, 4) is 5.88 Å². The molecule has 1 aromatic heterocycles. The van der Waals surface area contributed by atoms with Crippen LogP contribution in [0.3, 0.4) is 0 Å². The predicted molar refractivity (Wildman–Crippen MR) is 79.9 cm³/mol. The van der Waals surface area contributed by atoms with Crippen LogP contribution in [-0.4, -0.2) is 21.8 Å². The van der Waals surface area contributed by atoms with E-state index in [2.05, 4.69) is 10.4 Å². The van der Waals surface area contributed by atoms with E-state index >= 15 is 0 Å². The minimum atomic E-state index is -0.471. The largest absolute Gasteiger partial charge is 0.481 e. The standard InChI is InChI=1S/C13H15ClN4O3/c1-8-10(13(21-3)17(2)16-8)7-15-11-5-4-9(14)6-12(11)18(19)20/h4-6,15H,7H2,1-3H3. The number of hydrogen-bond donors (Lipinski definition) is 1. The molecule has 0 unspecified atom stereocenters. The van der Waals surface area contributed by atoms with Gasteiger partial charge in [0, 0.05) is 24.7 Å². The molecule has 0 radical (unpaired) electrons. The van der Waals surface area contributed by atoms with Crippen LogP contribution in [0, 0.1) is 17.0 Å². The lowest BCUT2D eigenvalue weighted by Gasteiger charge is -2.09. The van der Waals surface area contributed by atoms with Crippen LogP contribution >= 0.6 is 11.6 Å². The molecular formula is C13H15ClN4O3. The molecule has 0 amide bonds. The molecule has 0 saturated carbocycles. The van der Waals surface area contributed by atoms with Gasteiger partial charge in [0.1, 0.15) is 5.69 Å². The lowest BCUT2D eigenvalue weighted by molar-refractivity contribution is -0.383. The third-order valence-corrected chi connectivity index (χ3v) is 3.33. The maximum atomic E-state index is 11.0. The normalized spacial score (nSPS) is 10.5. The van der Waals surface area contributed by atoms with E-state index in [4.69, 9.17) is 16.3 Å². The Morgan fingerprint density at radius 2 is 2.24 bits per heavy atom. The van der Waals surface area contributed by atoms with Crippen molar-refractivity contribution in [3.05, 3.63) is 44.6 Å². The van der Waals surface area contributed by atoms with Crippen LogP contribution in [0.15, 0.2) is 18.2 Å². The van der Waals surface area contributed by atoms with E-state index in [1.807, 2.05) is 6.92 Å². The van der Waals surface area contributed by atoms with Gasteiger partial charge < -0.3 is 10.1 Å². The van der Waals surface area contributed by atoms with Gasteiger partial charge in [-0.1, -0.05) is 11.6 Å². The fourth-order valence-electron chi connectivity index (χ4n) is 2.13. The molecule has 0 saturated heterocycles. The SMILES string of the molecule is COc1c(CNc2ccc(Cl)cc2[N+](=O)[O-])c(C)nn1C. The van der Waals surface area contributed by atoms with Crippen molar-refractivity contribution in [1.82, 2.24) is 9.78 Å². The van der Waals surface area contributed by atoms with E-state index in [-0.39, 0.29) is 5.69 Å². The first-order chi connectivity index (χ1) is 9.93. The summed E-state index contributed by atoms with van der Waals surface area (Å²) in [6, 6.07) is 4.50. The van der Waals surface area contributed by atoms with E-state index in [1.165, 1.54) is 6.07 Å². The topological polar surface area (TPSA) is 82.2 Å². The summed E-state index contributed by atoms with van der Waals surface area (Å²) in [5.41, 5.74) is 1.99. The van der Waals surface area contributed by atoms with Crippen molar-refractivity contribution < 1.29 is 9.66 Å². The number of methoxy groups -OCH3 is 1. The maximum absolute atomic E-state index is 11.0. The molecule has 0 fully saturated rings. The van der Waals surface area contributed by atoms with Gasteiger partial charge in [-0.25, -0.2) is 4.68 Å². The molecule has 2 aromatic rings. The molecule has 8 heteroatoms. The molecule has 7 nitrogen and oxygen atoms in total. The van der Waals surface area contributed by atoms with Gasteiger partial charge in [-0.2, -0.15) is 5.10 Å². The van der Waals surface area contributed by atoms with E-state index < -0.39 is 4.92 Å². The Kier molecular flexibility index (Phi) is 4.32. The highest BCUT2D eigenvalue weighted by Gasteiger charge is 2.17. The Bertz CT molecular complexity index is 684. The molecule has 0 atom stereocenters. The summed E-state index contributed by atoms with van der Waals surface area (Å²) in [5, 5.41) is 18.7. The molecule has 0 aliphatic carbocycles. The van der Waals surface area contributed by atoms with Crippen LogP contribution in [0.1, 0.15) is 11.3 Å². The number of hydrogen-bond acceptors (Lipinski definition) is 5. The first kappa shape index (κ1) is 15.1. The van der Waals surface area contributed by atoms with E-state index in [1.54, 1.807) is 31.0 Å². The number of halogens is 1. The van der Waals surface area contributed by atoms with Crippen LogP contribution in [0.2, 0.25) is 5.02 Å². The highest BCUT2D eigenvalue weighted by Crippen LogP contribution is 2.29. The third kappa shape index (κ3) is 3.08. The molecule has 112 valence electrons. The second-order valence-electron chi connectivity index (χ2n) is 4.47. The quantitative estimate of drug-likeness (QED) is 0.678. The minimum Gasteiger partial charge on any atom is -0.481 e. The molecule has 2 rings (SSSR count). The van der Waals surface area contributed by atoms with Crippen molar-refractivity contribution in [2.24, 2.45) is 7.05 Å². The van der Waals surface area contributed by atoms with E-state index in [0.29, 0.717) is 23.1 Å². The summed E-state index contributed by atoms with van der Waals surface area (Å²) in [6.45, 7) is 2.22. The van der Waals surface area contributed by atoms with Crippen molar-refractivity contribution >= 4 is 23.0 Å². The van der Waals surface area contributed by atoms with Crippen LogP contribution in [0.5, 0.6) is 5.88 Å². The van der Waals surface area contributed by atoms with Gasteiger partial charge in [0.05, 0.1) is 23.3 Å². The second kappa shape index (κ2) is 6.01. The van der Waals surface area contributed by atoms with Crippen molar-refractivity contribution in [1.29, 1.82) is 0 Å². The Morgan fingerprint density at radius 3 is 2.86 bits per heavy atom. The Balaban J connectivity index is 2.27. The van der Waals surface area contributed by atoms with Crippen LogP contribution in [0.25, 0.3) is 0 Å². The number of aryl methyl sites for hydroxylation is 2. The Morgan fingerprint density at radius 1 is 1.52 bits per heavy atom. The molecular weight excluding hydrogens is 296 g/mol. The molecule has 0 aliphatic rings. The third-order valence-electron chi connectivity index (χ3n) is 3.09. The zero-order valence-electron chi connectivity index (χ0n) is 11.9. The minimum absolute atomic E-state index is 0.0667. The first-order valence-electron chi connectivity index (χ1n) is 6.18. The van der Waals surface area contributed by atoms with Crippen LogP contribution in [-0.2, 0) is 13.6 Å². The highest BCUT2D eigenvalue weighted by molar-refractivity contribution is 6.30. The number of rotatable bonds is 5. The molecule has 0 bridgehead atoms. The maximum Gasteiger partial charge on any atom is 0.293 e. The fourth-order valence-corrected chi connectivity index (χ4v) is 2.29. The number of aromatic nitrogens is 2. The van der Waals surface area contributed by atoms with Gasteiger partial charge in [0.2, 0.25) is 5.88 Å². The average Bonchev–Trinajstić information content (AvgIpc) is 2.70. The molecule has 1 heterocycles. The first-order valence-corrected chi connectivity index (χ1v) is 6.56. The average molecular weight is 311 g/mol. The van der Waals surface area contributed by atoms with Gasteiger partial charge in [-0.15, -0.1) is 0 Å². The number of nitrogens with zero attached hydrogens (tertiary/aromatic N) is 3. The van der Waals surface area contributed by atoms with Crippen LogP contribution in [0.4, 0.5) is 11.4 Å². The van der Waals surface area contributed by atoms with Gasteiger partial charge >= 0.3 is 0 Å². The smallest absolute Gasteiger partial charge is 0.293 e. The van der Waals surface area contributed by atoms with Gasteiger partial charge in [-0.3, -0.25) is 10.1 Å². The molecule has 1 aromatic carbocycles. The Labute approximate surface area is 126 Å². The number of benzene rings is 1. The van der Waals surface area contributed by atoms with Gasteiger partial charge in [-0.05, 0) is 19.1 Å². The number of nitro groups is 1. The summed E-state index contributed by atoms with van der Waals surface area (Å²) in [7, 11) is 3.34. The van der Waals surface area contributed by atoms with Gasteiger partial charge in [0.25, 0.3) is 5.69 Å². The molecule has 1 N–H and O–H groups in total. The lowest BCUT2D eigenvalue weighted by atomic mass is 10.2. The second-order valence-corrected chi connectivity index (χ2v) is 4.91. The number of nitro benzene ring substituents is 1. The van der Waals surface area contributed by atoms with E-state index in [0.717, 1.165) is 11.3 Å². The predicted octanol–water partition coefficient (Wildman–Crippen LogP) is 2.91. The monoisotopic (exact) mass is 310 g/mol. The van der Waals surface area contributed by atoms with Crippen molar-refractivity contribution in [3.63, 3.8) is 0 Å². The van der Waals surface area contributed by atoms with Gasteiger partial charge in [0.15, 0.2) is 0 Å². The van der Waals surface area contributed by atoms with Crippen molar-refractivity contribution in [2.75, 3.05) is 12.4 Å². The molecule has 21 heavy (non-hydrogen) atoms. The molecule has 0 spiro atoms. The lowest BCUT2D eigenvalue weighted by Crippen LogP contribution is -2.05.